The summed E-state index contributed by atoms with van der Waals surface area (Å²) in [4.78, 5) is 24.6. The molecule has 0 saturated carbocycles. The molecule has 4 rings (SSSR count). The molecule has 1 saturated heterocycles. The highest BCUT2D eigenvalue weighted by Crippen LogP contribution is 2.24. The van der Waals surface area contributed by atoms with Crippen molar-refractivity contribution in [3.63, 3.8) is 0 Å². The van der Waals surface area contributed by atoms with E-state index in [0.717, 1.165) is 24.7 Å². The fraction of sp³-hybridized carbons (Fsp3) is 0.478. The number of nitrogens with one attached hydrogen (secondary N) is 2. The minimum atomic E-state index is -4.94. The molecule has 12 nitrogen and oxygen atoms in total. The average Bonchev–Trinajstić information content (AvgIpc) is 3.55. The molecule has 1 aromatic carbocycles. The quantitative estimate of drug-likeness (QED) is 0.243. The van der Waals surface area contributed by atoms with Gasteiger partial charge in [0.2, 0.25) is 6.41 Å². The standard InChI is InChI=1S/C18H17F5N8O3.C5H10FN/c19-12(7-31-9-16(25-10-32)27-29-31)3-4-30-8-15(26-28-30)17(33)24-6-11-5-13(1-2-14(11)20)34-18(21,22)23;1-2-7-3-5(6)4-7/h1-2,5,8-10,12H,3-4,6-7H2,(H,24,33)(H,25,32);5H,2-4H2,1H3. The predicted molar refractivity (Wildman–Crippen MR) is 131 cm³/mol. The van der Waals surface area contributed by atoms with Crippen LogP contribution in [0.15, 0.2) is 30.6 Å². The van der Waals surface area contributed by atoms with Gasteiger partial charge in [-0.2, -0.15) is 0 Å². The number of alkyl halides is 5. The van der Waals surface area contributed by atoms with Gasteiger partial charge in [-0.3, -0.25) is 19.2 Å². The number of carbonyl (C=O) groups is 2. The van der Waals surface area contributed by atoms with Crippen molar-refractivity contribution in [3.05, 3.63) is 47.7 Å². The summed E-state index contributed by atoms with van der Waals surface area (Å²) < 4.78 is 83.0. The highest BCUT2D eigenvalue weighted by atomic mass is 19.4. The first-order valence-electron chi connectivity index (χ1n) is 12.3. The molecule has 1 aliphatic heterocycles. The van der Waals surface area contributed by atoms with Crippen LogP contribution in [0.4, 0.5) is 32.2 Å². The number of likely N-dealkylation sites (tertiary alicyclic amines) is 1. The van der Waals surface area contributed by atoms with E-state index >= 15 is 0 Å². The van der Waals surface area contributed by atoms with Gasteiger partial charge in [0.25, 0.3) is 5.91 Å². The summed E-state index contributed by atoms with van der Waals surface area (Å²) in [6.07, 6.45) is -3.81. The van der Waals surface area contributed by atoms with Crippen molar-refractivity contribution < 1.29 is 40.7 Å². The highest BCUT2D eigenvalue weighted by molar-refractivity contribution is 5.91. The van der Waals surface area contributed by atoms with Crippen LogP contribution in [-0.2, 0) is 24.4 Å². The number of amides is 2. The van der Waals surface area contributed by atoms with Crippen LogP contribution < -0.4 is 15.4 Å². The number of halogens is 6. The normalized spacial score (nSPS) is 14.4. The lowest BCUT2D eigenvalue weighted by molar-refractivity contribution is -0.274. The second-order valence-electron chi connectivity index (χ2n) is 8.77. The molecule has 0 radical (unpaired) electrons. The molecule has 18 heteroatoms. The van der Waals surface area contributed by atoms with E-state index < -0.39 is 42.7 Å². The number of hydrogen-bond donors (Lipinski definition) is 2. The van der Waals surface area contributed by atoms with Crippen molar-refractivity contribution >= 4 is 18.1 Å². The molecule has 224 valence electrons. The van der Waals surface area contributed by atoms with Crippen LogP contribution in [0.25, 0.3) is 0 Å². The topological polar surface area (TPSA) is 132 Å². The molecule has 3 heterocycles. The lowest BCUT2D eigenvalue weighted by Gasteiger charge is -2.32. The van der Waals surface area contributed by atoms with Gasteiger partial charge in [0.1, 0.15) is 23.9 Å². The maximum absolute atomic E-state index is 14.2. The first-order valence-corrected chi connectivity index (χ1v) is 12.3. The number of aryl methyl sites for hydroxylation is 1. The largest absolute Gasteiger partial charge is 0.573 e. The van der Waals surface area contributed by atoms with Crippen LogP contribution in [-0.4, -0.2) is 85.5 Å². The summed E-state index contributed by atoms with van der Waals surface area (Å²) in [6.45, 7) is 3.89. The Labute approximate surface area is 229 Å². The van der Waals surface area contributed by atoms with E-state index in [2.05, 4.69) is 40.9 Å². The van der Waals surface area contributed by atoms with Gasteiger partial charge in [-0.15, -0.1) is 23.4 Å². The second kappa shape index (κ2) is 14.4. The molecule has 0 spiro atoms. The zero-order chi connectivity index (χ0) is 30.0. The SMILES string of the molecule is CCN1CC(F)C1.O=CNc1cn(CC(F)CCn2cc(C(=O)NCc3cc(OC(F)(F)F)ccc3F)nn2)nn1. The number of ether oxygens (including phenoxy) is 1. The number of carbonyl (C=O) groups excluding carboxylic acids is 2. The van der Waals surface area contributed by atoms with Gasteiger partial charge in [0.05, 0.1) is 18.9 Å². The summed E-state index contributed by atoms with van der Waals surface area (Å²) in [5, 5.41) is 19.2. The van der Waals surface area contributed by atoms with Crippen molar-refractivity contribution in [1.29, 1.82) is 0 Å². The molecule has 1 fully saturated rings. The summed E-state index contributed by atoms with van der Waals surface area (Å²) in [5.74, 6) is -2.06. The lowest BCUT2D eigenvalue weighted by Crippen LogP contribution is -2.47. The molecule has 2 aromatic heterocycles. The number of benzene rings is 1. The molecule has 2 N–H and O–H groups in total. The molecule has 41 heavy (non-hydrogen) atoms. The fourth-order valence-corrected chi connectivity index (χ4v) is 3.51. The average molecular weight is 592 g/mol. The Morgan fingerprint density at radius 3 is 2.56 bits per heavy atom. The van der Waals surface area contributed by atoms with E-state index in [0.29, 0.717) is 19.5 Å². The van der Waals surface area contributed by atoms with Crippen molar-refractivity contribution in [1.82, 2.24) is 40.2 Å². The van der Waals surface area contributed by atoms with E-state index in [1.165, 1.54) is 21.8 Å². The summed E-state index contributed by atoms with van der Waals surface area (Å²) in [6, 6.07) is 2.40. The second-order valence-corrected chi connectivity index (χ2v) is 8.77. The third-order valence-electron chi connectivity index (χ3n) is 5.62. The monoisotopic (exact) mass is 591 g/mol. The van der Waals surface area contributed by atoms with Crippen molar-refractivity contribution in [3.8, 4) is 5.75 Å². The number of aromatic nitrogens is 6. The fourth-order valence-electron chi connectivity index (χ4n) is 3.51. The Balaban J connectivity index is 0.000000575. The van der Waals surface area contributed by atoms with Crippen LogP contribution in [0.1, 0.15) is 29.4 Å². The number of anilines is 1. The van der Waals surface area contributed by atoms with E-state index in [1.54, 1.807) is 0 Å². The smallest absolute Gasteiger partial charge is 0.406 e. The first-order chi connectivity index (χ1) is 19.5. The van der Waals surface area contributed by atoms with E-state index in [4.69, 9.17) is 0 Å². The molecule has 0 bridgehead atoms. The lowest BCUT2D eigenvalue weighted by atomic mass is 10.2. The van der Waals surface area contributed by atoms with Crippen LogP contribution in [0.2, 0.25) is 0 Å². The summed E-state index contributed by atoms with van der Waals surface area (Å²) in [5.41, 5.74) is -0.387. The zero-order valence-corrected chi connectivity index (χ0v) is 21.7. The van der Waals surface area contributed by atoms with Crippen LogP contribution in [0.3, 0.4) is 0 Å². The Morgan fingerprint density at radius 1 is 1.20 bits per heavy atom. The first kappa shape index (κ1) is 31.3. The van der Waals surface area contributed by atoms with Gasteiger partial charge in [-0.05, 0) is 24.7 Å². The van der Waals surface area contributed by atoms with Gasteiger partial charge in [-0.25, -0.2) is 17.9 Å². The molecule has 1 unspecified atom stereocenters. The van der Waals surface area contributed by atoms with Crippen LogP contribution in [0.5, 0.6) is 5.75 Å². The minimum absolute atomic E-state index is 0.00205. The molecule has 0 aliphatic carbocycles. The van der Waals surface area contributed by atoms with Gasteiger partial charge in [-0.1, -0.05) is 17.4 Å². The maximum atomic E-state index is 14.2. The number of nitrogens with zero attached hydrogens (tertiary/aromatic N) is 7. The van der Waals surface area contributed by atoms with Gasteiger partial charge >= 0.3 is 6.36 Å². The van der Waals surface area contributed by atoms with Crippen molar-refractivity contribution in [2.45, 2.75) is 51.7 Å². The Hall–Kier alpha value is -4.22. The van der Waals surface area contributed by atoms with E-state index in [1.807, 2.05) is 6.92 Å². The third kappa shape index (κ3) is 10.4. The molecular weight excluding hydrogens is 564 g/mol. The molecular formula is C23H27F6N9O3. The molecule has 1 atom stereocenters. The van der Waals surface area contributed by atoms with Gasteiger partial charge in [0.15, 0.2) is 11.5 Å². The van der Waals surface area contributed by atoms with Crippen molar-refractivity contribution in [2.75, 3.05) is 25.0 Å². The van der Waals surface area contributed by atoms with Gasteiger partial charge in [0, 0.05) is 38.2 Å². The number of rotatable bonds is 12. The Kier molecular flexibility index (Phi) is 11.0. The maximum Gasteiger partial charge on any atom is 0.573 e. The summed E-state index contributed by atoms with van der Waals surface area (Å²) >= 11 is 0. The Morgan fingerprint density at radius 2 is 1.93 bits per heavy atom. The predicted octanol–water partition coefficient (Wildman–Crippen LogP) is 2.49. The molecule has 3 aromatic rings. The van der Waals surface area contributed by atoms with Crippen LogP contribution in [0, 0.1) is 5.82 Å². The van der Waals surface area contributed by atoms with Gasteiger partial charge < -0.3 is 15.4 Å². The third-order valence-corrected chi connectivity index (χ3v) is 5.62. The minimum Gasteiger partial charge on any atom is -0.406 e. The van der Waals surface area contributed by atoms with E-state index in [-0.39, 0.29) is 36.6 Å². The zero-order valence-electron chi connectivity index (χ0n) is 21.7. The van der Waals surface area contributed by atoms with Crippen LogP contribution >= 0.6 is 0 Å². The Bertz CT molecular complexity index is 1280. The molecule has 2 amide bonds. The summed E-state index contributed by atoms with van der Waals surface area (Å²) in [7, 11) is 0. The molecule has 1 aliphatic rings. The van der Waals surface area contributed by atoms with E-state index in [9.17, 15) is 35.9 Å². The highest BCUT2D eigenvalue weighted by Gasteiger charge is 2.31. The number of hydrogen-bond acceptors (Lipinski definition) is 8. The van der Waals surface area contributed by atoms with Crippen molar-refractivity contribution in [2.24, 2.45) is 0 Å².